The number of furan rings is 1. The Morgan fingerprint density at radius 1 is 1.07 bits per heavy atom. The maximum atomic E-state index is 12.4. The van der Waals surface area contributed by atoms with Crippen LogP contribution in [-0.4, -0.2) is 30.1 Å². The van der Waals surface area contributed by atoms with Gasteiger partial charge in [0.15, 0.2) is 6.61 Å². The number of hydrogen-bond donors (Lipinski definition) is 2. The second-order valence-electron chi connectivity index (χ2n) is 9.33. The van der Waals surface area contributed by atoms with E-state index in [0.29, 0.717) is 28.9 Å². The molecule has 0 aliphatic heterocycles. The molecule has 4 saturated carbocycles. The van der Waals surface area contributed by atoms with Crippen molar-refractivity contribution in [3.05, 3.63) is 35.6 Å². The maximum absolute atomic E-state index is 12.4. The van der Waals surface area contributed by atoms with Gasteiger partial charge in [0.25, 0.3) is 5.91 Å². The normalized spacial score (nSPS) is 29.0. The lowest BCUT2D eigenvalue weighted by Gasteiger charge is -2.56. The van der Waals surface area contributed by atoms with Crippen molar-refractivity contribution in [3.8, 4) is 0 Å². The zero-order valence-corrected chi connectivity index (χ0v) is 17.0. The molecule has 0 unspecified atom stereocenters. The van der Waals surface area contributed by atoms with E-state index in [2.05, 4.69) is 10.6 Å². The van der Waals surface area contributed by atoms with Gasteiger partial charge < -0.3 is 14.5 Å². The first kappa shape index (κ1) is 19.2. The number of hydrogen-bond acceptors (Lipinski definition) is 5. The van der Waals surface area contributed by atoms with Crippen LogP contribution in [0.2, 0.25) is 0 Å². The van der Waals surface area contributed by atoms with Crippen molar-refractivity contribution < 1.29 is 23.5 Å². The van der Waals surface area contributed by atoms with E-state index in [1.54, 1.807) is 13.0 Å². The summed E-state index contributed by atoms with van der Waals surface area (Å²) in [5, 5.41) is 6.20. The van der Waals surface area contributed by atoms with Crippen molar-refractivity contribution in [2.75, 3.05) is 6.61 Å². The van der Waals surface area contributed by atoms with Gasteiger partial charge in [-0.15, -0.1) is 0 Å². The van der Waals surface area contributed by atoms with Gasteiger partial charge in [-0.2, -0.15) is 0 Å². The molecule has 3 amide bonds. The number of amides is 3. The standard InChI is InChI=1S/C23H26N2O5/c1-13-17-4-2-3-5-18(17)30-20(13)21(27)29-12-19(26)24-22(28)25-23-9-14-6-15(10-23)8-16(7-14)11-23/h2-5,14-16H,6-12H2,1H3,(H2,24,25,26,28). The summed E-state index contributed by atoms with van der Waals surface area (Å²) in [6.07, 6.45) is 6.83. The Morgan fingerprint density at radius 3 is 2.33 bits per heavy atom. The first-order valence-corrected chi connectivity index (χ1v) is 10.7. The highest BCUT2D eigenvalue weighted by atomic mass is 16.5. The first-order valence-electron chi connectivity index (χ1n) is 10.7. The van der Waals surface area contributed by atoms with Gasteiger partial charge in [0.1, 0.15) is 5.58 Å². The predicted octanol–water partition coefficient (Wildman–Crippen LogP) is 3.69. The lowest BCUT2D eigenvalue weighted by molar-refractivity contribution is -0.123. The average molecular weight is 410 g/mol. The molecular formula is C23H26N2O5. The minimum Gasteiger partial charge on any atom is -0.450 e. The van der Waals surface area contributed by atoms with Crippen LogP contribution in [0.4, 0.5) is 4.79 Å². The number of ether oxygens (including phenoxy) is 1. The Balaban J connectivity index is 1.15. The van der Waals surface area contributed by atoms with Gasteiger partial charge in [0.05, 0.1) is 0 Å². The van der Waals surface area contributed by atoms with Crippen LogP contribution in [0.15, 0.2) is 28.7 Å². The van der Waals surface area contributed by atoms with Gasteiger partial charge in [0, 0.05) is 16.5 Å². The van der Waals surface area contributed by atoms with Crippen molar-refractivity contribution in [2.24, 2.45) is 17.8 Å². The molecule has 1 aromatic heterocycles. The highest BCUT2D eigenvalue weighted by Gasteiger charge is 2.51. The highest BCUT2D eigenvalue weighted by Crippen LogP contribution is 2.55. The molecule has 30 heavy (non-hydrogen) atoms. The largest absolute Gasteiger partial charge is 0.450 e. The third kappa shape index (κ3) is 3.46. The Hall–Kier alpha value is -2.83. The van der Waals surface area contributed by atoms with Crippen molar-refractivity contribution >= 4 is 28.9 Å². The summed E-state index contributed by atoms with van der Waals surface area (Å²) in [6.45, 7) is 1.23. The number of rotatable bonds is 4. The summed E-state index contributed by atoms with van der Waals surface area (Å²) < 4.78 is 10.6. The van der Waals surface area contributed by atoms with Crippen LogP contribution in [0.3, 0.4) is 0 Å². The second kappa shape index (κ2) is 7.15. The molecule has 4 aliphatic rings. The summed E-state index contributed by atoms with van der Waals surface area (Å²) >= 11 is 0. The molecule has 1 aromatic carbocycles. The fourth-order valence-electron chi connectivity index (χ4n) is 6.26. The van der Waals surface area contributed by atoms with E-state index in [-0.39, 0.29) is 11.3 Å². The van der Waals surface area contributed by atoms with Crippen LogP contribution in [0.1, 0.15) is 54.6 Å². The van der Waals surface area contributed by atoms with Crippen LogP contribution in [0, 0.1) is 24.7 Å². The van der Waals surface area contributed by atoms with E-state index < -0.39 is 24.5 Å². The van der Waals surface area contributed by atoms with Gasteiger partial charge in [-0.1, -0.05) is 18.2 Å². The number of para-hydroxylation sites is 1. The van der Waals surface area contributed by atoms with Crippen molar-refractivity contribution in [1.82, 2.24) is 10.6 Å². The summed E-state index contributed by atoms with van der Waals surface area (Å²) in [5.41, 5.74) is 1.07. The molecule has 4 bridgehead atoms. The summed E-state index contributed by atoms with van der Waals surface area (Å²) in [5.74, 6) is 0.780. The summed E-state index contributed by atoms with van der Waals surface area (Å²) in [6, 6.07) is 6.79. The molecule has 1 heterocycles. The van der Waals surface area contributed by atoms with E-state index in [0.717, 1.165) is 24.6 Å². The smallest absolute Gasteiger partial charge is 0.375 e. The zero-order valence-electron chi connectivity index (χ0n) is 17.0. The van der Waals surface area contributed by atoms with Gasteiger partial charge in [-0.05, 0) is 69.3 Å². The molecule has 4 fully saturated rings. The molecule has 2 aromatic rings. The number of esters is 1. The second-order valence-corrected chi connectivity index (χ2v) is 9.33. The molecular weight excluding hydrogens is 384 g/mol. The highest BCUT2D eigenvalue weighted by molar-refractivity contribution is 5.99. The monoisotopic (exact) mass is 410 g/mol. The Labute approximate surface area is 174 Å². The molecule has 0 spiro atoms. The predicted molar refractivity (Wildman–Crippen MR) is 109 cm³/mol. The van der Waals surface area contributed by atoms with E-state index in [1.165, 1.54) is 19.3 Å². The van der Waals surface area contributed by atoms with Gasteiger partial charge in [-0.25, -0.2) is 9.59 Å². The van der Waals surface area contributed by atoms with Crippen LogP contribution in [0.25, 0.3) is 11.0 Å². The third-order valence-corrected chi connectivity index (χ3v) is 7.03. The van der Waals surface area contributed by atoms with Crippen molar-refractivity contribution in [2.45, 2.75) is 51.0 Å². The number of carbonyl (C=O) groups is 3. The SMILES string of the molecule is Cc1c(C(=O)OCC(=O)NC(=O)NC23CC4CC(CC(C4)C2)C3)oc2ccccc12. The number of fused-ring (bicyclic) bond motifs is 1. The van der Waals surface area contributed by atoms with Crippen molar-refractivity contribution in [3.63, 3.8) is 0 Å². The van der Waals surface area contributed by atoms with Crippen LogP contribution in [0.5, 0.6) is 0 Å². The van der Waals surface area contributed by atoms with Crippen LogP contribution >= 0.6 is 0 Å². The first-order chi connectivity index (χ1) is 14.4. The molecule has 0 saturated heterocycles. The zero-order chi connectivity index (χ0) is 20.9. The number of aryl methyl sites for hydroxylation is 1. The van der Waals surface area contributed by atoms with E-state index in [4.69, 9.17) is 9.15 Å². The quantitative estimate of drug-likeness (QED) is 0.749. The maximum Gasteiger partial charge on any atom is 0.375 e. The van der Waals surface area contributed by atoms with Gasteiger partial charge >= 0.3 is 12.0 Å². The summed E-state index contributed by atoms with van der Waals surface area (Å²) in [7, 11) is 0. The fourth-order valence-corrected chi connectivity index (χ4v) is 6.26. The fraction of sp³-hybridized carbons (Fsp3) is 0.522. The molecule has 6 rings (SSSR count). The molecule has 4 aliphatic carbocycles. The number of carbonyl (C=O) groups excluding carboxylic acids is 3. The minimum absolute atomic E-state index is 0.0713. The molecule has 7 heteroatoms. The lowest BCUT2D eigenvalue weighted by atomic mass is 9.53. The molecule has 7 nitrogen and oxygen atoms in total. The van der Waals surface area contributed by atoms with E-state index in [1.807, 2.05) is 18.2 Å². The van der Waals surface area contributed by atoms with Crippen LogP contribution < -0.4 is 10.6 Å². The topological polar surface area (TPSA) is 97.6 Å². The number of nitrogens with one attached hydrogen (secondary N) is 2. The van der Waals surface area contributed by atoms with E-state index >= 15 is 0 Å². The Kier molecular flexibility index (Phi) is 4.56. The number of benzene rings is 1. The van der Waals surface area contributed by atoms with E-state index in [9.17, 15) is 14.4 Å². The average Bonchev–Trinajstić information content (AvgIpc) is 3.01. The Morgan fingerprint density at radius 2 is 1.70 bits per heavy atom. The lowest BCUT2D eigenvalue weighted by Crippen LogP contribution is -2.62. The summed E-state index contributed by atoms with van der Waals surface area (Å²) in [4.78, 5) is 36.9. The molecule has 0 radical (unpaired) electrons. The Bertz CT molecular complexity index is 988. The van der Waals surface area contributed by atoms with Gasteiger partial charge in [-0.3, -0.25) is 10.1 Å². The van der Waals surface area contributed by atoms with Crippen LogP contribution in [-0.2, 0) is 9.53 Å². The van der Waals surface area contributed by atoms with Gasteiger partial charge in [0.2, 0.25) is 5.76 Å². The number of imide groups is 1. The molecule has 158 valence electrons. The molecule has 0 atom stereocenters. The minimum atomic E-state index is -0.722. The van der Waals surface area contributed by atoms with Crippen molar-refractivity contribution in [1.29, 1.82) is 0 Å². The third-order valence-electron chi connectivity index (χ3n) is 7.03. The molecule has 2 N–H and O–H groups in total. The number of urea groups is 1.